The zero-order valence-corrected chi connectivity index (χ0v) is 9.62. The molecule has 0 amide bonds. The lowest BCUT2D eigenvalue weighted by Crippen LogP contribution is -2.15. The van der Waals surface area contributed by atoms with Crippen LogP contribution in [0.1, 0.15) is 12.8 Å². The fourth-order valence-corrected chi connectivity index (χ4v) is 2.19. The number of aromatic nitrogens is 3. The first kappa shape index (κ1) is 10.5. The molecule has 0 aliphatic carbocycles. The molecular formula is C13H15N3O. The summed E-state index contributed by atoms with van der Waals surface area (Å²) in [6.45, 7) is 1.75. The number of rotatable bonds is 3. The van der Waals surface area contributed by atoms with Crippen molar-refractivity contribution in [1.82, 2.24) is 14.5 Å². The van der Waals surface area contributed by atoms with Gasteiger partial charge in [0, 0.05) is 25.2 Å². The van der Waals surface area contributed by atoms with Crippen molar-refractivity contribution in [2.24, 2.45) is 0 Å². The second kappa shape index (κ2) is 4.67. The summed E-state index contributed by atoms with van der Waals surface area (Å²) in [6.07, 6.45) is 8.23. The molecule has 17 heavy (non-hydrogen) atoms. The van der Waals surface area contributed by atoms with E-state index in [0.29, 0.717) is 6.10 Å². The van der Waals surface area contributed by atoms with Crippen LogP contribution in [0, 0.1) is 0 Å². The van der Waals surface area contributed by atoms with E-state index in [2.05, 4.69) is 14.5 Å². The number of imidazole rings is 1. The molecule has 0 bridgehead atoms. The van der Waals surface area contributed by atoms with E-state index in [1.807, 2.05) is 30.6 Å². The summed E-state index contributed by atoms with van der Waals surface area (Å²) in [5.41, 5.74) is 0.912. The van der Waals surface area contributed by atoms with E-state index in [9.17, 15) is 0 Å². The summed E-state index contributed by atoms with van der Waals surface area (Å²) in [4.78, 5) is 8.71. The molecule has 0 N–H and O–H groups in total. The van der Waals surface area contributed by atoms with Crippen molar-refractivity contribution in [3.05, 3.63) is 36.8 Å². The monoisotopic (exact) mass is 229 g/mol. The minimum Gasteiger partial charge on any atom is -0.376 e. The predicted octanol–water partition coefficient (Wildman–Crippen LogP) is 2.12. The first-order valence-electron chi connectivity index (χ1n) is 5.97. The van der Waals surface area contributed by atoms with Crippen LogP contribution in [-0.2, 0) is 11.3 Å². The fraction of sp³-hybridized carbons (Fsp3) is 0.385. The zero-order valence-electron chi connectivity index (χ0n) is 9.62. The highest BCUT2D eigenvalue weighted by Gasteiger charge is 2.17. The maximum Gasteiger partial charge on any atom is 0.158 e. The molecule has 0 aromatic carbocycles. The molecule has 3 rings (SSSR count). The Hall–Kier alpha value is -1.68. The highest BCUT2D eigenvalue weighted by molar-refractivity contribution is 5.48. The van der Waals surface area contributed by atoms with Crippen LogP contribution < -0.4 is 0 Å². The Morgan fingerprint density at radius 2 is 2.29 bits per heavy atom. The number of hydrogen-bond donors (Lipinski definition) is 0. The van der Waals surface area contributed by atoms with Crippen LogP contribution >= 0.6 is 0 Å². The average molecular weight is 229 g/mol. The van der Waals surface area contributed by atoms with Gasteiger partial charge in [-0.15, -0.1) is 0 Å². The summed E-state index contributed by atoms with van der Waals surface area (Å²) in [6, 6.07) is 5.87. The number of nitrogens with zero attached hydrogens (tertiary/aromatic N) is 3. The van der Waals surface area contributed by atoms with Gasteiger partial charge in [0.1, 0.15) is 5.69 Å². The van der Waals surface area contributed by atoms with Crippen LogP contribution in [0.2, 0.25) is 0 Å². The molecule has 1 aliphatic rings. The third-order valence-corrected chi connectivity index (χ3v) is 3.03. The Kier molecular flexibility index (Phi) is 2.88. The largest absolute Gasteiger partial charge is 0.376 e. The molecular weight excluding hydrogens is 214 g/mol. The molecule has 0 spiro atoms. The Bertz CT molecular complexity index is 474. The predicted molar refractivity (Wildman–Crippen MR) is 64.4 cm³/mol. The molecule has 2 aromatic rings. The maximum atomic E-state index is 5.65. The van der Waals surface area contributed by atoms with Gasteiger partial charge in [-0.2, -0.15) is 0 Å². The van der Waals surface area contributed by atoms with Crippen molar-refractivity contribution in [3.8, 4) is 11.5 Å². The molecule has 0 radical (unpaired) electrons. The standard InChI is InChI=1S/C13H15N3O/c1-2-6-14-12(5-1)13-15-7-8-16(13)10-11-4-3-9-17-11/h1-2,5-8,11H,3-4,9-10H2. The van der Waals surface area contributed by atoms with Crippen molar-refractivity contribution >= 4 is 0 Å². The number of hydrogen-bond acceptors (Lipinski definition) is 3. The van der Waals surface area contributed by atoms with E-state index in [4.69, 9.17) is 4.74 Å². The van der Waals surface area contributed by atoms with E-state index < -0.39 is 0 Å². The molecule has 0 saturated carbocycles. The third-order valence-electron chi connectivity index (χ3n) is 3.03. The maximum absolute atomic E-state index is 5.65. The SMILES string of the molecule is c1ccc(-c2nccn2CC2CCCO2)nc1. The van der Waals surface area contributed by atoms with Crippen LogP contribution in [0.25, 0.3) is 11.5 Å². The van der Waals surface area contributed by atoms with Crippen LogP contribution in [-0.4, -0.2) is 27.2 Å². The molecule has 1 aliphatic heterocycles. The van der Waals surface area contributed by atoms with E-state index >= 15 is 0 Å². The molecule has 1 unspecified atom stereocenters. The molecule has 4 nitrogen and oxygen atoms in total. The van der Waals surface area contributed by atoms with Crippen molar-refractivity contribution in [2.45, 2.75) is 25.5 Å². The van der Waals surface area contributed by atoms with Crippen molar-refractivity contribution in [3.63, 3.8) is 0 Å². The van der Waals surface area contributed by atoms with Crippen molar-refractivity contribution in [1.29, 1.82) is 0 Å². The summed E-state index contributed by atoms with van der Waals surface area (Å²) in [5, 5.41) is 0. The van der Waals surface area contributed by atoms with Gasteiger partial charge in [-0.25, -0.2) is 4.98 Å². The van der Waals surface area contributed by atoms with Gasteiger partial charge in [0.25, 0.3) is 0 Å². The third kappa shape index (κ3) is 2.22. The Morgan fingerprint density at radius 1 is 1.29 bits per heavy atom. The van der Waals surface area contributed by atoms with Gasteiger partial charge in [-0.05, 0) is 25.0 Å². The number of ether oxygens (including phenoxy) is 1. The topological polar surface area (TPSA) is 39.9 Å². The van der Waals surface area contributed by atoms with E-state index in [0.717, 1.165) is 37.5 Å². The molecule has 2 aromatic heterocycles. The minimum absolute atomic E-state index is 0.326. The van der Waals surface area contributed by atoms with Crippen LogP contribution in [0.5, 0.6) is 0 Å². The number of pyridine rings is 1. The Morgan fingerprint density at radius 3 is 3.06 bits per heavy atom. The normalized spacial score (nSPS) is 19.6. The molecule has 1 atom stereocenters. The average Bonchev–Trinajstić information content (AvgIpc) is 3.02. The van der Waals surface area contributed by atoms with Crippen LogP contribution in [0.3, 0.4) is 0 Å². The van der Waals surface area contributed by atoms with Gasteiger partial charge in [-0.3, -0.25) is 4.98 Å². The van der Waals surface area contributed by atoms with Gasteiger partial charge in [0.05, 0.1) is 12.6 Å². The second-order valence-electron chi connectivity index (χ2n) is 4.25. The smallest absolute Gasteiger partial charge is 0.158 e. The Labute approximate surface area is 100 Å². The van der Waals surface area contributed by atoms with Crippen molar-refractivity contribution < 1.29 is 4.74 Å². The van der Waals surface area contributed by atoms with Crippen LogP contribution in [0.4, 0.5) is 0 Å². The fourth-order valence-electron chi connectivity index (χ4n) is 2.19. The lowest BCUT2D eigenvalue weighted by atomic mass is 10.2. The molecule has 3 heterocycles. The summed E-state index contributed by atoms with van der Waals surface area (Å²) < 4.78 is 7.77. The van der Waals surface area contributed by atoms with E-state index in [1.54, 1.807) is 6.20 Å². The summed E-state index contributed by atoms with van der Waals surface area (Å²) >= 11 is 0. The lowest BCUT2D eigenvalue weighted by molar-refractivity contribution is 0.0973. The van der Waals surface area contributed by atoms with E-state index in [1.165, 1.54) is 0 Å². The summed E-state index contributed by atoms with van der Waals surface area (Å²) in [5.74, 6) is 0.918. The van der Waals surface area contributed by atoms with Crippen LogP contribution in [0.15, 0.2) is 36.8 Å². The molecule has 88 valence electrons. The molecule has 4 heteroatoms. The molecule has 1 saturated heterocycles. The lowest BCUT2D eigenvalue weighted by Gasteiger charge is -2.12. The highest BCUT2D eigenvalue weighted by atomic mass is 16.5. The van der Waals surface area contributed by atoms with Gasteiger partial charge in [0.2, 0.25) is 0 Å². The quantitative estimate of drug-likeness (QED) is 0.809. The first-order chi connectivity index (χ1) is 8.43. The van der Waals surface area contributed by atoms with Gasteiger partial charge < -0.3 is 9.30 Å². The van der Waals surface area contributed by atoms with Gasteiger partial charge in [-0.1, -0.05) is 6.07 Å². The van der Waals surface area contributed by atoms with E-state index in [-0.39, 0.29) is 0 Å². The zero-order chi connectivity index (χ0) is 11.5. The Balaban J connectivity index is 1.84. The van der Waals surface area contributed by atoms with Gasteiger partial charge in [0.15, 0.2) is 5.82 Å². The summed E-state index contributed by atoms with van der Waals surface area (Å²) in [7, 11) is 0. The van der Waals surface area contributed by atoms with Crippen molar-refractivity contribution in [2.75, 3.05) is 6.61 Å². The second-order valence-corrected chi connectivity index (χ2v) is 4.25. The first-order valence-corrected chi connectivity index (χ1v) is 5.97. The highest BCUT2D eigenvalue weighted by Crippen LogP contribution is 2.18. The molecule has 1 fully saturated rings. The van der Waals surface area contributed by atoms with Gasteiger partial charge >= 0.3 is 0 Å². The minimum atomic E-state index is 0.326.